The predicted molar refractivity (Wildman–Crippen MR) is 98.6 cm³/mol. The second kappa shape index (κ2) is 7.87. The van der Waals surface area contributed by atoms with E-state index in [0.717, 1.165) is 17.7 Å². The number of urea groups is 1. The smallest absolute Gasteiger partial charge is 0.327 e. The van der Waals surface area contributed by atoms with Gasteiger partial charge in [-0.25, -0.2) is 4.79 Å². The van der Waals surface area contributed by atoms with E-state index in [1.165, 1.54) is 14.0 Å². The van der Waals surface area contributed by atoms with Crippen LogP contribution in [0.2, 0.25) is 0 Å². The summed E-state index contributed by atoms with van der Waals surface area (Å²) in [6.45, 7) is 0.881. The van der Waals surface area contributed by atoms with Crippen LogP contribution in [0, 0.1) is 0 Å². The number of nitrogens with one attached hydrogen (secondary N) is 2. The van der Waals surface area contributed by atoms with Crippen LogP contribution >= 0.6 is 0 Å². The summed E-state index contributed by atoms with van der Waals surface area (Å²) in [5, 5.41) is 5.31. The molecule has 1 aliphatic carbocycles. The number of hydrogen-bond donors (Lipinski definition) is 2. The number of imide groups is 1. The summed E-state index contributed by atoms with van der Waals surface area (Å²) in [4.78, 5) is 50.0. The maximum Gasteiger partial charge on any atom is 0.327 e. The lowest BCUT2D eigenvalue weighted by Crippen LogP contribution is -2.44. The number of para-hydroxylation sites is 2. The molecule has 1 atom stereocenters. The molecule has 1 heterocycles. The van der Waals surface area contributed by atoms with Gasteiger partial charge in [0, 0.05) is 0 Å². The summed E-state index contributed by atoms with van der Waals surface area (Å²) in [6.07, 6.45) is 1.73. The van der Waals surface area contributed by atoms with Crippen LogP contribution in [-0.2, 0) is 19.1 Å². The number of esters is 1. The molecule has 1 aromatic rings. The van der Waals surface area contributed by atoms with Gasteiger partial charge in [0.05, 0.1) is 12.8 Å². The van der Waals surface area contributed by atoms with E-state index in [1.807, 2.05) is 0 Å². The molecule has 0 radical (unpaired) electrons. The van der Waals surface area contributed by atoms with Crippen molar-refractivity contribution in [3.63, 3.8) is 0 Å². The number of carbonyl (C=O) groups excluding carboxylic acids is 4. The Kier molecular flexibility index (Phi) is 5.53. The molecule has 1 saturated heterocycles. The van der Waals surface area contributed by atoms with Crippen molar-refractivity contribution < 1.29 is 28.7 Å². The first-order chi connectivity index (χ1) is 13.4. The molecule has 0 unspecified atom stereocenters. The molecule has 0 aromatic heterocycles. The van der Waals surface area contributed by atoms with Gasteiger partial charge in [0.1, 0.15) is 17.8 Å². The van der Waals surface area contributed by atoms with Crippen molar-refractivity contribution in [2.45, 2.75) is 44.2 Å². The lowest BCUT2D eigenvalue weighted by atomic mass is 9.98. The van der Waals surface area contributed by atoms with Gasteiger partial charge in [-0.3, -0.25) is 19.3 Å². The zero-order valence-electron chi connectivity index (χ0n) is 15.8. The van der Waals surface area contributed by atoms with Crippen LogP contribution in [-0.4, -0.2) is 54.0 Å². The molecule has 2 N–H and O–H groups in total. The number of benzene rings is 1. The third-order valence-electron chi connectivity index (χ3n) is 5.03. The molecule has 9 nitrogen and oxygen atoms in total. The number of amides is 4. The minimum atomic E-state index is -1.11. The van der Waals surface area contributed by atoms with Crippen LogP contribution in [0.15, 0.2) is 24.3 Å². The van der Waals surface area contributed by atoms with E-state index in [4.69, 9.17) is 9.47 Å². The maximum atomic E-state index is 12.5. The third-order valence-corrected chi connectivity index (χ3v) is 5.03. The van der Waals surface area contributed by atoms with E-state index in [1.54, 1.807) is 24.3 Å². The second-order valence-electron chi connectivity index (χ2n) is 6.93. The zero-order chi connectivity index (χ0) is 20.3. The summed E-state index contributed by atoms with van der Waals surface area (Å²) >= 11 is 0. The van der Waals surface area contributed by atoms with Crippen molar-refractivity contribution in [1.29, 1.82) is 0 Å². The maximum absolute atomic E-state index is 12.5. The third kappa shape index (κ3) is 3.78. The minimum absolute atomic E-state index is 0.405. The normalized spacial score (nSPS) is 18.7. The predicted octanol–water partition coefficient (Wildman–Crippen LogP) is 1.43. The van der Waals surface area contributed by atoms with E-state index in [2.05, 4.69) is 10.6 Å². The fourth-order valence-corrected chi connectivity index (χ4v) is 3.54. The first-order valence-electron chi connectivity index (χ1n) is 9.14. The summed E-state index contributed by atoms with van der Waals surface area (Å²) in [5.74, 6) is -1.32. The molecule has 28 heavy (non-hydrogen) atoms. The van der Waals surface area contributed by atoms with Crippen LogP contribution in [0.25, 0.3) is 0 Å². The Morgan fingerprint density at radius 3 is 2.61 bits per heavy atom. The molecule has 2 aliphatic rings. The summed E-state index contributed by atoms with van der Waals surface area (Å²) < 4.78 is 10.3. The molecule has 9 heteroatoms. The van der Waals surface area contributed by atoms with Crippen LogP contribution in [0.1, 0.15) is 32.6 Å². The zero-order valence-corrected chi connectivity index (χ0v) is 15.8. The minimum Gasteiger partial charge on any atom is -0.495 e. The lowest BCUT2D eigenvalue weighted by molar-refractivity contribution is -0.155. The van der Waals surface area contributed by atoms with E-state index >= 15 is 0 Å². The van der Waals surface area contributed by atoms with Crippen molar-refractivity contribution in [2.75, 3.05) is 19.0 Å². The largest absolute Gasteiger partial charge is 0.495 e. The van der Waals surface area contributed by atoms with Crippen LogP contribution in [0.5, 0.6) is 5.75 Å². The highest BCUT2D eigenvalue weighted by Gasteiger charge is 2.52. The SMILES string of the molecule is COc1ccccc1NC(=O)[C@@H](C)OC(=O)CN1C(=O)NC2(CCCC2)C1=O. The fourth-order valence-electron chi connectivity index (χ4n) is 3.54. The fraction of sp³-hybridized carbons (Fsp3) is 0.474. The lowest BCUT2D eigenvalue weighted by Gasteiger charge is -2.20. The quantitative estimate of drug-likeness (QED) is 0.562. The average molecular weight is 389 g/mol. The summed E-state index contributed by atoms with van der Waals surface area (Å²) in [5.41, 5.74) is -0.445. The number of ether oxygens (including phenoxy) is 2. The Morgan fingerprint density at radius 1 is 1.25 bits per heavy atom. The highest BCUT2D eigenvalue weighted by Crippen LogP contribution is 2.35. The topological polar surface area (TPSA) is 114 Å². The molecular formula is C19H23N3O6. The van der Waals surface area contributed by atoms with Gasteiger partial charge in [0.25, 0.3) is 11.8 Å². The van der Waals surface area contributed by atoms with E-state index < -0.39 is 42.0 Å². The van der Waals surface area contributed by atoms with E-state index in [9.17, 15) is 19.2 Å². The number of nitrogens with zero attached hydrogens (tertiary/aromatic N) is 1. The van der Waals surface area contributed by atoms with Gasteiger partial charge in [0.15, 0.2) is 6.10 Å². The molecule has 150 valence electrons. The summed E-state index contributed by atoms with van der Waals surface area (Å²) in [7, 11) is 1.48. The average Bonchev–Trinajstić information content (AvgIpc) is 3.23. The van der Waals surface area contributed by atoms with Crippen LogP contribution in [0.4, 0.5) is 10.5 Å². The monoisotopic (exact) mass is 389 g/mol. The molecule has 1 aromatic carbocycles. The molecule has 1 spiro atoms. The van der Waals surface area contributed by atoms with Gasteiger partial charge < -0.3 is 20.1 Å². The highest BCUT2D eigenvalue weighted by atomic mass is 16.5. The number of methoxy groups -OCH3 is 1. The van der Waals surface area contributed by atoms with Gasteiger partial charge in [0.2, 0.25) is 0 Å². The van der Waals surface area contributed by atoms with Crippen molar-refractivity contribution in [3.05, 3.63) is 24.3 Å². The second-order valence-corrected chi connectivity index (χ2v) is 6.93. The first kappa shape index (κ1) is 19.7. The van der Waals surface area contributed by atoms with Crippen molar-refractivity contribution in [1.82, 2.24) is 10.2 Å². The van der Waals surface area contributed by atoms with E-state index in [0.29, 0.717) is 24.3 Å². The highest BCUT2D eigenvalue weighted by molar-refractivity contribution is 6.09. The number of rotatable bonds is 6. The number of anilines is 1. The van der Waals surface area contributed by atoms with Gasteiger partial charge in [-0.2, -0.15) is 0 Å². The van der Waals surface area contributed by atoms with Gasteiger partial charge in [-0.1, -0.05) is 25.0 Å². The van der Waals surface area contributed by atoms with Crippen molar-refractivity contribution >= 4 is 29.5 Å². The number of hydrogen-bond acceptors (Lipinski definition) is 6. The first-order valence-corrected chi connectivity index (χ1v) is 9.14. The van der Waals surface area contributed by atoms with Gasteiger partial charge in [-0.15, -0.1) is 0 Å². The molecule has 1 saturated carbocycles. The molecule has 0 bridgehead atoms. The summed E-state index contributed by atoms with van der Waals surface area (Å²) in [6, 6.07) is 6.22. The molecular weight excluding hydrogens is 366 g/mol. The Balaban J connectivity index is 1.56. The Morgan fingerprint density at radius 2 is 1.93 bits per heavy atom. The Bertz CT molecular complexity index is 803. The number of carbonyl (C=O) groups is 4. The Labute approximate surface area is 162 Å². The van der Waals surface area contributed by atoms with Crippen molar-refractivity contribution in [3.8, 4) is 5.75 Å². The standard InChI is InChI=1S/C19H23N3O6/c1-12(16(24)20-13-7-3-4-8-14(13)27-2)28-15(23)11-22-17(25)19(21-18(22)26)9-5-6-10-19/h3-4,7-8,12H,5-6,9-11H2,1-2H3,(H,20,24)(H,21,26)/t12-/m1/s1. The molecule has 2 fully saturated rings. The van der Waals surface area contributed by atoms with Crippen molar-refractivity contribution in [2.24, 2.45) is 0 Å². The van der Waals surface area contributed by atoms with Crippen LogP contribution in [0.3, 0.4) is 0 Å². The molecule has 4 amide bonds. The molecule has 3 rings (SSSR count). The van der Waals surface area contributed by atoms with Gasteiger partial charge >= 0.3 is 12.0 Å². The van der Waals surface area contributed by atoms with E-state index in [-0.39, 0.29) is 0 Å². The van der Waals surface area contributed by atoms with Gasteiger partial charge in [-0.05, 0) is 31.9 Å². The molecule has 1 aliphatic heterocycles. The van der Waals surface area contributed by atoms with Crippen LogP contribution < -0.4 is 15.4 Å². The Hall–Kier alpha value is -3.10.